The van der Waals surface area contributed by atoms with Crippen molar-refractivity contribution in [3.8, 4) is 11.5 Å². The predicted octanol–water partition coefficient (Wildman–Crippen LogP) is 3.73. The Bertz CT molecular complexity index is 856. The minimum atomic E-state index is -0.237. The van der Waals surface area contributed by atoms with Crippen molar-refractivity contribution in [2.45, 2.75) is 18.8 Å². The number of hydrogen-bond acceptors (Lipinski definition) is 4. The number of benzene rings is 1. The van der Waals surface area contributed by atoms with E-state index in [1.807, 2.05) is 24.3 Å². The maximum atomic E-state index is 12.3. The summed E-state index contributed by atoms with van der Waals surface area (Å²) in [5, 5.41) is 9.87. The van der Waals surface area contributed by atoms with Gasteiger partial charge in [0.15, 0.2) is 5.69 Å². The van der Waals surface area contributed by atoms with Crippen LogP contribution in [0.15, 0.2) is 54.9 Å². The minimum absolute atomic E-state index is 0.237. The second-order valence-electron chi connectivity index (χ2n) is 5.75. The van der Waals surface area contributed by atoms with Crippen LogP contribution < -0.4 is 10.1 Å². The van der Waals surface area contributed by atoms with Gasteiger partial charge in [-0.3, -0.25) is 14.9 Å². The van der Waals surface area contributed by atoms with Crippen molar-refractivity contribution in [2.24, 2.45) is 0 Å². The molecule has 0 bridgehead atoms. The summed E-state index contributed by atoms with van der Waals surface area (Å²) in [5.41, 5.74) is 2.09. The molecule has 1 fully saturated rings. The highest BCUT2D eigenvalue weighted by Crippen LogP contribution is 2.39. The van der Waals surface area contributed by atoms with Gasteiger partial charge < -0.3 is 10.1 Å². The van der Waals surface area contributed by atoms with Crippen molar-refractivity contribution in [1.82, 2.24) is 15.2 Å². The van der Waals surface area contributed by atoms with Gasteiger partial charge in [-0.05, 0) is 43.2 Å². The highest BCUT2D eigenvalue weighted by molar-refractivity contribution is 6.03. The molecule has 6 nitrogen and oxygen atoms in total. The molecule has 1 aliphatic rings. The Morgan fingerprint density at radius 2 is 1.96 bits per heavy atom. The van der Waals surface area contributed by atoms with Crippen molar-refractivity contribution in [2.75, 3.05) is 5.32 Å². The van der Waals surface area contributed by atoms with Gasteiger partial charge in [-0.1, -0.05) is 6.07 Å². The number of anilines is 1. The molecule has 6 heteroatoms. The first-order valence-corrected chi connectivity index (χ1v) is 7.82. The number of pyridine rings is 1. The van der Waals surface area contributed by atoms with Crippen molar-refractivity contribution in [3.63, 3.8) is 0 Å². The average Bonchev–Trinajstić information content (AvgIpc) is 3.33. The molecule has 4 rings (SSSR count). The van der Waals surface area contributed by atoms with Gasteiger partial charge in [0.05, 0.1) is 0 Å². The van der Waals surface area contributed by atoms with Crippen LogP contribution in [-0.2, 0) is 0 Å². The topological polar surface area (TPSA) is 79.9 Å². The summed E-state index contributed by atoms with van der Waals surface area (Å²) in [6.07, 6.45) is 5.65. The molecule has 3 aromatic rings. The molecule has 2 aromatic heterocycles. The van der Waals surface area contributed by atoms with Crippen molar-refractivity contribution >= 4 is 11.6 Å². The number of carbonyl (C=O) groups excluding carboxylic acids is 1. The van der Waals surface area contributed by atoms with E-state index in [0.717, 1.165) is 18.5 Å². The Morgan fingerprint density at radius 3 is 2.75 bits per heavy atom. The zero-order chi connectivity index (χ0) is 16.4. The Hall–Kier alpha value is -3.15. The lowest BCUT2D eigenvalue weighted by Gasteiger charge is -2.08. The van der Waals surface area contributed by atoms with E-state index in [9.17, 15) is 4.79 Å². The average molecular weight is 320 g/mol. The minimum Gasteiger partial charge on any atom is -0.457 e. The lowest BCUT2D eigenvalue weighted by atomic mass is 10.2. The standard InChI is InChI=1S/C18H16N4O2/c23-18(17-11-16(21-22-17)12-4-5-12)20-13-2-1-3-15(10-13)24-14-6-8-19-9-7-14/h1-3,6-12H,4-5H2,(H,20,23)(H,21,22). The number of nitrogens with one attached hydrogen (secondary N) is 2. The number of aromatic nitrogens is 3. The maximum absolute atomic E-state index is 12.3. The van der Waals surface area contributed by atoms with Crippen LogP contribution >= 0.6 is 0 Å². The lowest BCUT2D eigenvalue weighted by molar-refractivity contribution is 0.102. The number of nitrogens with zero attached hydrogens (tertiary/aromatic N) is 2. The van der Waals surface area contributed by atoms with Crippen LogP contribution in [0.3, 0.4) is 0 Å². The molecule has 0 unspecified atom stereocenters. The summed E-state index contributed by atoms with van der Waals surface area (Å²) in [4.78, 5) is 16.2. The molecule has 0 atom stereocenters. The van der Waals surface area contributed by atoms with Crippen LogP contribution in [-0.4, -0.2) is 21.1 Å². The fourth-order valence-corrected chi connectivity index (χ4v) is 2.43. The molecule has 2 N–H and O–H groups in total. The van der Waals surface area contributed by atoms with E-state index in [1.165, 1.54) is 0 Å². The Labute approximate surface area is 138 Å². The fraction of sp³-hybridized carbons (Fsp3) is 0.167. The summed E-state index contributed by atoms with van der Waals surface area (Å²) in [7, 11) is 0. The number of carbonyl (C=O) groups is 1. The SMILES string of the molecule is O=C(Nc1cccc(Oc2ccncc2)c1)c1cc(C2CC2)[nH]n1. The van der Waals surface area contributed by atoms with Gasteiger partial charge in [0, 0.05) is 35.8 Å². The monoisotopic (exact) mass is 320 g/mol. The number of aromatic amines is 1. The van der Waals surface area contributed by atoms with E-state index in [1.54, 1.807) is 30.6 Å². The molecule has 2 heterocycles. The molecule has 1 aliphatic carbocycles. The van der Waals surface area contributed by atoms with Gasteiger partial charge >= 0.3 is 0 Å². The van der Waals surface area contributed by atoms with Gasteiger partial charge in [-0.25, -0.2) is 0 Å². The molecule has 24 heavy (non-hydrogen) atoms. The molecule has 0 radical (unpaired) electrons. The number of amides is 1. The fourth-order valence-electron chi connectivity index (χ4n) is 2.43. The molecular formula is C18H16N4O2. The summed E-state index contributed by atoms with van der Waals surface area (Å²) in [5.74, 6) is 1.63. The molecule has 0 aliphatic heterocycles. The van der Waals surface area contributed by atoms with Gasteiger partial charge in [-0.2, -0.15) is 5.10 Å². The third kappa shape index (κ3) is 3.27. The predicted molar refractivity (Wildman–Crippen MR) is 89.3 cm³/mol. The van der Waals surface area contributed by atoms with Crippen LogP contribution in [0.25, 0.3) is 0 Å². The third-order valence-electron chi connectivity index (χ3n) is 3.82. The highest BCUT2D eigenvalue weighted by Gasteiger charge is 2.26. The number of hydrogen-bond donors (Lipinski definition) is 2. The van der Waals surface area contributed by atoms with Crippen LogP contribution in [0.4, 0.5) is 5.69 Å². The molecule has 1 amide bonds. The summed E-state index contributed by atoms with van der Waals surface area (Å²) in [6.45, 7) is 0. The smallest absolute Gasteiger partial charge is 0.276 e. The molecular weight excluding hydrogens is 304 g/mol. The van der Waals surface area contributed by atoms with E-state index in [0.29, 0.717) is 28.8 Å². The Kier molecular flexibility index (Phi) is 3.70. The van der Waals surface area contributed by atoms with Crippen molar-refractivity contribution in [1.29, 1.82) is 0 Å². The largest absolute Gasteiger partial charge is 0.457 e. The quantitative estimate of drug-likeness (QED) is 0.750. The highest BCUT2D eigenvalue weighted by atomic mass is 16.5. The maximum Gasteiger partial charge on any atom is 0.276 e. The molecule has 0 saturated heterocycles. The number of rotatable bonds is 5. The Morgan fingerprint density at radius 1 is 1.12 bits per heavy atom. The van der Waals surface area contributed by atoms with Crippen LogP contribution in [0.5, 0.6) is 11.5 Å². The normalized spacial score (nSPS) is 13.5. The molecule has 1 aromatic carbocycles. The second-order valence-corrected chi connectivity index (χ2v) is 5.75. The molecule has 0 spiro atoms. The first-order valence-electron chi connectivity index (χ1n) is 7.82. The Balaban J connectivity index is 1.45. The van der Waals surface area contributed by atoms with E-state index >= 15 is 0 Å². The van der Waals surface area contributed by atoms with E-state index < -0.39 is 0 Å². The summed E-state index contributed by atoms with van der Waals surface area (Å²) >= 11 is 0. The molecule has 1 saturated carbocycles. The van der Waals surface area contributed by atoms with Crippen LogP contribution in [0.2, 0.25) is 0 Å². The first kappa shape index (κ1) is 14.4. The van der Waals surface area contributed by atoms with Crippen molar-refractivity contribution < 1.29 is 9.53 Å². The number of H-pyrrole nitrogens is 1. The van der Waals surface area contributed by atoms with Gasteiger partial charge in [0.2, 0.25) is 0 Å². The zero-order valence-electron chi connectivity index (χ0n) is 12.9. The summed E-state index contributed by atoms with van der Waals surface area (Å²) in [6, 6.07) is 12.6. The molecule has 120 valence electrons. The van der Waals surface area contributed by atoms with E-state index in [2.05, 4.69) is 20.5 Å². The second kappa shape index (κ2) is 6.16. The van der Waals surface area contributed by atoms with Gasteiger partial charge in [-0.15, -0.1) is 0 Å². The van der Waals surface area contributed by atoms with E-state index in [4.69, 9.17) is 4.74 Å². The van der Waals surface area contributed by atoms with Gasteiger partial charge in [0.1, 0.15) is 11.5 Å². The number of ether oxygens (including phenoxy) is 1. The third-order valence-corrected chi connectivity index (χ3v) is 3.82. The first-order chi connectivity index (χ1) is 11.8. The van der Waals surface area contributed by atoms with Crippen LogP contribution in [0.1, 0.15) is 34.9 Å². The van der Waals surface area contributed by atoms with Gasteiger partial charge in [0.25, 0.3) is 5.91 Å². The van der Waals surface area contributed by atoms with Crippen LogP contribution in [0, 0.1) is 0 Å². The summed E-state index contributed by atoms with van der Waals surface area (Å²) < 4.78 is 5.74. The lowest BCUT2D eigenvalue weighted by Crippen LogP contribution is -2.12. The zero-order valence-corrected chi connectivity index (χ0v) is 12.9. The van der Waals surface area contributed by atoms with E-state index in [-0.39, 0.29) is 5.91 Å². The van der Waals surface area contributed by atoms with Crippen molar-refractivity contribution in [3.05, 3.63) is 66.2 Å².